The first-order chi connectivity index (χ1) is 12.4. The fourth-order valence-corrected chi connectivity index (χ4v) is 3.44. The van der Waals surface area contributed by atoms with Crippen molar-refractivity contribution in [3.8, 4) is 0 Å². The summed E-state index contributed by atoms with van der Waals surface area (Å²) in [6, 6.07) is 2.22. The van der Waals surface area contributed by atoms with Crippen LogP contribution in [0.2, 0.25) is 0 Å². The number of nitrogens with zero attached hydrogens (tertiary/aromatic N) is 7. The lowest BCUT2D eigenvalue weighted by Gasteiger charge is -2.32. The lowest BCUT2D eigenvalue weighted by atomic mass is 10.1. The van der Waals surface area contributed by atoms with Crippen LogP contribution in [0.1, 0.15) is 37.4 Å². The van der Waals surface area contributed by atoms with Gasteiger partial charge in [0.05, 0.1) is 0 Å². The van der Waals surface area contributed by atoms with Gasteiger partial charge < -0.3 is 10.2 Å². The van der Waals surface area contributed by atoms with Gasteiger partial charge in [0.15, 0.2) is 5.82 Å². The molecule has 0 aromatic carbocycles. The average Bonchev–Trinajstić information content (AvgIpc) is 3.42. The van der Waals surface area contributed by atoms with Crippen molar-refractivity contribution < 1.29 is 0 Å². The predicted molar refractivity (Wildman–Crippen MR) is 93.6 cm³/mol. The minimum absolute atomic E-state index is 0.375. The van der Waals surface area contributed by atoms with Crippen LogP contribution in [0.15, 0.2) is 30.9 Å². The zero-order chi connectivity index (χ0) is 16.6. The molecule has 0 amide bonds. The van der Waals surface area contributed by atoms with E-state index in [2.05, 4.69) is 39.8 Å². The first kappa shape index (κ1) is 14.6. The molecule has 128 valence electrons. The van der Waals surface area contributed by atoms with Crippen LogP contribution in [0.25, 0.3) is 5.65 Å². The van der Waals surface area contributed by atoms with E-state index < -0.39 is 0 Å². The molecule has 0 unspecified atom stereocenters. The van der Waals surface area contributed by atoms with E-state index in [0.29, 0.717) is 12.0 Å². The Kier molecular flexibility index (Phi) is 3.46. The van der Waals surface area contributed by atoms with Crippen molar-refractivity contribution in [3.63, 3.8) is 0 Å². The minimum atomic E-state index is 0.375. The summed E-state index contributed by atoms with van der Waals surface area (Å²) >= 11 is 0. The van der Waals surface area contributed by atoms with E-state index in [1.807, 2.05) is 18.5 Å². The second-order valence-electron chi connectivity index (χ2n) is 6.76. The van der Waals surface area contributed by atoms with Gasteiger partial charge in [-0.2, -0.15) is 0 Å². The summed E-state index contributed by atoms with van der Waals surface area (Å²) in [5.74, 6) is 3.28. The first-order valence-electron chi connectivity index (χ1n) is 8.86. The third kappa shape index (κ3) is 2.77. The maximum Gasteiger partial charge on any atom is 0.225 e. The molecule has 0 bridgehead atoms. The van der Waals surface area contributed by atoms with Crippen LogP contribution in [0.3, 0.4) is 0 Å². The van der Waals surface area contributed by atoms with E-state index in [4.69, 9.17) is 0 Å². The van der Waals surface area contributed by atoms with Crippen molar-refractivity contribution in [2.45, 2.75) is 37.6 Å². The number of anilines is 2. The van der Waals surface area contributed by atoms with Gasteiger partial charge in [0.25, 0.3) is 0 Å². The lowest BCUT2D eigenvalue weighted by Crippen LogP contribution is -2.40. The summed E-state index contributed by atoms with van der Waals surface area (Å²) in [6.07, 6.45) is 11.8. The van der Waals surface area contributed by atoms with Gasteiger partial charge >= 0.3 is 0 Å². The molecule has 0 atom stereocenters. The summed E-state index contributed by atoms with van der Waals surface area (Å²) in [5, 5.41) is 12.3. The highest BCUT2D eigenvalue weighted by Crippen LogP contribution is 2.39. The third-order valence-corrected chi connectivity index (χ3v) is 4.97. The molecule has 1 N–H and O–H groups in total. The Labute approximate surface area is 145 Å². The van der Waals surface area contributed by atoms with E-state index in [1.54, 1.807) is 12.4 Å². The van der Waals surface area contributed by atoms with Gasteiger partial charge in [-0.1, -0.05) is 0 Å². The molecule has 1 saturated heterocycles. The molecule has 8 heteroatoms. The number of hydrogen-bond acceptors (Lipinski definition) is 7. The number of nitrogens with one attached hydrogen (secondary N) is 1. The quantitative estimate of drug-likeness (QED) is 0.778. The number of rotatable bonds is 4. The normalized spacial score (nSPS) is 18.6. The Hall–Kier alpha value is -2.77. The van der Waals surface area contributed by atoms with Crippen molar-refractivity contribution in [1.82, 2.24) is 29.5 Å². The molecule has 1 saturated carbocycles. The molecule has 2 fully saturated rings. The van der Waals surface area contributed by atoms with Crippen LogP contribution in [0.4, 0.5) is 11.8 Å². The van der Waals surface area contributed by atoms with Crippen LogP contribution in [-0.4, -0.2) is 48.7 Å². The lowest BCUT2D eigenvalue weighted by molar-refractivity contribution is 0.519. The van der Waals surface area contributed by atoms with Gasteiger partial charge in [-0.05, 0) is 31.7 Å². The molecule has 8 nitrogen and oxygen atoms in total. The van der Waals surface area contributed by atoms with E-state index in [-0.39, 0.29) is 0 Å². The van der Waals surface area contributed by atoms with Crippen LogP contribution in [0, 0.1) is 0 Å². The largest absolute Gasteiger partial charge is 0.364 e. The topological polar surface area (TPSA) is 84.1 Å². The van der Waals surface area contributed by atoms with Gasteiger partial charge in [-0.25, -0.2) is 15.0 Å². The molecule has 2 aliphatic rings. The van der Waals surface area contributed by atoms with E-state index >= 15 is 0 Å². The molecular weight excluding hydrogens is 316 g/mol. The third-order valence-electron chi connectivity index (χ3n) is 4.97. The molecular formula is C17H20N8. The van der Waals surface area contributed by atoms with Gasteiger partial charge in [-0.3, -0.25) is 4.40 Å². The zero-order valence-corrected chi connectivity index (χ0v) is 13.9. The summed E-state index contributed by atoms with van der Waals surface area (Å²) in [5.41, 5.74) is 0.832. The Bertz CT molecular complexity index is 865. The van der Waals surface area contributed by atoms with Crippen molar-refractivity contribution in [2.24, 2.45) is 0 Å². The Morgan fingerprint density at radius 3 is 2.48 bits per heavy atom. The van der Waals surface area contributed by atoms with Crippen molar-refractivity contribution in [3.05, 3.63) is 36.7 Å². The molecule has 5 rings (SSSR count). The highest BCUT2D eigenvalue weighted by Gasteiger charge is 2.29. The van der Waals surface area contributed by atoms with Crippen LogP contribution >= 0.6 is 0 Å². The molecule has 3 aromatic rings. The average molecular weight is 336 g/mol. The zero-order valence-electron chi connectivity index (χ0n) is 13.9. The smallest absolute Gasteiger partial charge is 0.225 e. The van der Waals surface area contributed by atoms with Crippen LogP contribution in [-0.2, 0) is 0 Å². The van der Waals surface area contributed by atoms with Crippen LogP contribution < -0.4 is 10.2 Å². The van der Waals surface area contributed by atoms with Crippen molar-refractivity contribution in [2.75, 3.05) is 23.3 Å². The van der Waals surface area contributed by atoms with Gasteiger partial charge in [-0.15, -0.1) is 10.2 Å². The Balaban J connectivity index is 1.29. The standard InChI is InChI=1S/C17H20N8/c1-6-19-17(20-7-1)24-9-4-13(5-10-24)21-14-16-23-22-15(12-2-3-12)25(16)11-8-18-14/h1,6-8,11-13H,2-5,9-10H2,(H,18,21). The molecule has 0 spiro atoms. The minimum Gasteiger partial charge on any atom is -0.364 e. The van der Waals surface area contributed by atoms with Crippen molar-refractivity contribution >= 4 is 17.4 Å². The maximum absolute atomic E-state index is 4.50. The van der Waals surface area contributed by atoms with Gasteiger partial charge in [0.1, 0.15) is 5.82 Å². The molecule has 1 aliphatic heterocycles. The second-order valence-corrected chi connectivity index (χ2v) is 6.76. The fourth-order valence-electron chi connectivity index (χ4n) is 3.44. The Morgan fingerprint density at radius 1 is 0.920 bits per heavy atom. The molecule has 25 heavy (non-hydrogen) atoms. The highest BCUT2D eigenvalue weighted by molar-refractivity contribution is 5.62. The van der Waals surface area contributed by atoms with Gasteiger partial charge in [0, 0.05) is 49.8 Å². The number of hydrogen-bond donors (Lipinski definition) is 1. The molecule has 3 aromatic heterocycles. The number of aromatic nitrogens is 6. The predicted octanol–water partition coefficient (Wildman–Crippen LogP) is 1.87. The summed E-state index contributed by atoms with van der Waals surface area (Å²) in [6.45, 7) is 1.87. The SMILES string of the molecule is c1cnc(N2CCC(Nc3nccn4c(C5CC5)nnc34)CC2)nc1. The van der Waals surface area contributed by atoms with Crippen LogP contribution in [0.5, 0.6) is 0 Å². The monoisotopic (exact) mass is 336 g/mol. The summed E-state index contributed by atoms with van der Waals surface area (Å²) < 4.78 is 2.08. The van der Waals surface area contributed by atoms with Gasteiger partial charge in [0.2, 0.25) is 11.6 Å². The maximum atomic E-state index is 4.50. The van der Waals surface area contributed by atoms with E-state index in [9.17, 15) is 0 Å². The summed E-state index contributed by atoms with van der Waals surface area (Å²) in [7, 11) is 0. The van der Waals surface area contributed by atoms with E-state index in [1.165, 1.54) is 12.8 Å². The van der Waals surface area contributed by atoms with Crippen molar-refractivity contribution in [1.29, 1.82) is 0 Å². The Morgan fingerprint density at radius 2 is 1.72 bits per heavy atom. The summed E-state index contributed by atoms with van der Waals surface area (Å²) in [4.78, 5) is 15.4. The number of piperidine rings is 1. The van der Waals surface area contributed by atoms with E-state index in [0.717, 1.165) is 49.2 Å². The molecule has 4 heterocycles. The first-order valence-corrected chi connectivity index (χ1v) is 8.86. The second kappa shape index (κ2) is 5.94. The fraction of sp³-hybridized carbons (Fsp3) is 0.471. The highest BCUT2D eigenvalue weighted by atomic mass is 15.3. The molecule has 1 aliphatic carbocycles. The number of fused-ring (bicyclic) bond motifs is 1. The molecule has 0 radical (unpaired) electrons.